The highest BCUT2D eigenvalue weighted by Crippen LogP contribution is 2.67. The van der Waals surface area contributed by atoms with Crippen LogP contribution in [0.2, 0.25) is 0 Å². The van der Waals surface area contributed by atoms with Gasteiger partial charge < -0.3 is 19.1 Å². The second kappa shape index (κ2) is 12.3. The minimum Gasteiger partial charge on any atom is -0.461 e. The Bertz CT molecular complexity index is 1080. The molecule has 0 aromatic rings. The Morgan fingerprint density at radius 3 is 2.25 bits per heavy atom. The zero-order valence-electron chi connectivity index (χ0n) is 28.2. The van der Waals surface area contributed by atoms with Crippen LogP contribution in [0, 0.1) is 34.5 Å². The van der Waals surface area contributed by atoms with E-state index in [0.29, 0.717) is 29.7 Å². The lowest BCUT2D eigenvalue weighted by Gasteiger charge is -2.62. The Balaban J connectivity index is 1.30. The number of carbonyl (C=O) groups excluding carboxylic acids is 2. The minimum absolute atomic E-state index is 0.00613. The van der Waals surface area contributed by atoms with Crippen molar-refractivity contribution < 1.29 is 28.7 Å². The first kappa shape index (κ1) is 32.5. The van der Waals surface area contributed by atoms with Gasteiger partial charge in [-0.25, -0.2) is 0 Å². The monoisotopic (exact) mass is 614 g/mol. The molecule has 6 aliphatic rings. The first-order valence-electron chi connectivity index (χ1n) is 17.8. The van der Waals surface area contributed by atoms with Crippen LogP contribution < -0.4 is 0 Å². The van der Waals surface area contributed by atoms with Gasteiger partial charge in [0.15, 0.2) is 6.10 Å². The molecule has 2 saturated heterocycles. The highest BCUT2D eigenvalue weighted by molar-refractivity contribution is 5.66. The molecular weight excluding hydrogens is 554 g/mol. The summed E-state index contributed by atoms with van der Waals surface area (Å²) in [5, 5.41) is 10.2. The van der Waals surface area contributed by atoms with Crippen LogP contribution in [0.3, 0.4) is 0 Å². The molecular formula is C36H60N3O5+. The van der Waals surface area contributed by atoms with Gasteiger partial charge in [0.1, 0.15) is 12.1 Å². The standard InChI is InChI=1S/C36H60N3O5/c1-7-18-39(19-16-37(6)17-20-39)32-22-30-28-9-8-26-21-33(43-24(2)40)31(38-14-11-27(42)12-15-38)23-36(26,5)29(28)10-13-35(30,4)34(32)44-25(3)41/h7,26-34,42H,1,8-23H2,2-6H3/q+1/t26-,28?,29?,30?,31-,32-,33-,34-,35-,36-/m0/s1. The van der Waals surface area contributed by atoms with Crippen molar-refractivity contribution in [2.75, 3.05) is 52.9 Å². The maximum Gasteiger partial charge on any atom is 0.303 e. The molecule has 2 heterocycles. The van der Waals surface area contributed by atoms with Crippen LogP contribution in [0.4, 0.5) is 0 Å². The van der Waals surface area contributed by atoms with Crippen LogP contribution in [-0.4, -0.2) is 115 Å². The Morgan fingerprint density at radius 2 is 1.61 bits per heavy atom. The lowest BCUT2D eigenvalue weighted by atomic mass is 9.44. The SMILES string of the molecule is C=CC[N+]1([C@H]2CC3C4CC[C@H]5C[C@H](OC(C)=O)[C@@H](N6CCC(O)CC6)C[C@]5(C)C4CC[C@]3(C)[C@H]2OC(C)=O)CCN(C)CC1. The Kier molecular flexibility index (Phi) is 9.06. The second-order valence-corrected chi connectivity index (χ2v) is 16.4. The molecule has 3 unspecified atom stereocenters. The minimum atomic E-state index is -0.215. The number of rotatable bonds is 6. The molecule has 0 spiro atoms. The van der Waals surface area contributed by atoms with E-state index in [2.05, 4.69) is 43.3 Å². The number of esters is 2. The van der Waals surface area contributed by atoms with E-state index < -0.39 is 0 Å². The molecule has 8 heteroatoms. The van der Waals surface area contributed by atoms with Crippen LogP contribution in [-0.2, 0) is 19.1 Å². The predicted octanol–water partition coefficient (Wildman–Crippen LogP) is 4.25. The maximum absolute atomic E-state index is 12.7. The van der Waals surface area contributed by atoms with Crippen LogP contribution >= 0.6 is 0 Å². The highest BCUT2D eigenvalue weighted by Gasteiger charge is 2.67. The van der Waals surface area contributed by atoms with Crippen molar-refractivity contribution in [3.05, 3.63) is 12.7 Å². The van der Waals surface area contributed by atoms with Gasteiger partial charge in [0, 0.05) is 57.9 Å². The van der Waals surface area contributed by atoms with Crippen LogP contribution in [0.15, 0.2) is 12.7 Å². The molecule has 10 atom stereocenters. The third-order valence-corrected chi connectivity index (χ3v) is 14.2. The Hall–Kier alpha value is -1.48. The molecule has 0 amide bonds. The fourth-order valence-corrected chi connectivity index (χ4v) is 11.9. The molecule has 2 aliphatic heterocycles. The molecule has 0 radical (unpaired) electrons. The van der Waals surface area contributed by atoms with Crippen LogP contribution in [0.1, 0.15) is 85.5 Å². The normalized spacial score (nSPS) is 44.6. The van der Waals surface area contributed by atoms with Crippen LogP contribution in [0.25, 0.3) is 0 Å². The summed E-state index contributed by atoms with van der Waals surface area (Å²) in [6, 6.07) is 0.536. The van der Waals surface area contributed by atoms with Crippen molar-refractivity contribution in [1.82, 2.24) is 9.80 Å². The first-order valence-corrected chi connectivity index (χ1v) is 17.8. The zero-order chi connectivity index (χ0) is 31.4. The van der Waals surface area contributed by atoms with Crippen molar-refractivity contribution >= 4 is 11.9 Å². The van der Waals surface area contributed by atoms with E-state index in [1.807, 2.05) is 0 Å². The number of aliphatic hydroxyl groups is 1. The number of piperidine rings is 1. The number of fused-ring (bicyclic) bond motifs is 5. The Morgan fingerprint density at radius 1 is 0.932 bits per heavy atom. The molecule has 4 saturated carbocycles. The average Bonchev–Trinajstić information content (AvgIpc) is 3.27. The molecule has 8 nitrogen and oxygen atoms in total. The number of likely N-dealkylation sites (N-methyl/N-ethyl adjacent to an activating group) is 1. The van der Waals surface area contributed by atoms with E-state index in [1.54, 1.807) is 13.8 Å². The largest absolute Gasteiger partial charge is 0.461 e. The van der Waals surface area contributed by atoms with Gasteiger partial charge >= 0.3 is 11.9 Å². The topological polar surface area (TPSA) is 79.3 Å². The number of hydrogen-bond donors (Lipinski definition) is 1. The third kappa shape index (κ3) is 5.58. The number of ether oxygens (including phenoxy) is 2. The summed E-state index contributed by atoms with van der Waals surface area (Å²) in [5.41, 5.74) is 0.186. The van der Waals surface area contributed by atoms with Crippen molar-refractivity contribution in [3.8, 4) is 0 Å². The summed E-state index contributed by atoms with van der Waals surface area (Å²) < 4.78 is 13.5. The van der Waals surface area contributed by atoms with Gasteiger partial charge in [-0.15, -0.1) is 0 Å². The number of piperazine rings is 1. The third-order valence-electron chi connectivity index (χ3n) is 14.2. The average molecular weight is 615 g/mol. The van der Waals surface area contributed by atoms with E-state index in [-0.39, 0.29) is 47.1 Å². The summed E-state index contributed by atoms with van der Waals surface area (Å²) in [5.74, 6) is 2.06. The van der Waals surface area contributed by atoms with Gasteiger partial charge in [-0.2, -0.15) is 0 Å². The van der Waals surface area contributed by atoms with Gasteiger partial charge in [0.05, 0.1) is 25.7 Å². The number of hydrogen-bond acceptors (Lipinski definition) is 7. The van der Waals surface area contributed by atoms with Crippen molar-refractivity contribution in [2.24, 2.45) is 34.5 Å². The molecule has 0 aromatic heterocycles. The van der Waals surface area contributed by atoms with Gasteiger partial charge in [0.25, 0.3) is 0 Å². The number of nitrogens with zero attached hydrogens (tertiary/aromatic N) is 3. The van der Waals surface area contributed by atoms with Gasteiger partial charge in [-0.3, -0.25) is 19.4 Å². The Labute approximate surface area is 266 Å². The lowest BCUT2D eigenvalue weighted by Crippen LogP contribution is -2.66. The van der Waals surface area contributed by atoms with Crippen molar-refractivity contribution in [2.45, 2.75) is 116 Å². The van der Waals surface area contributed by atoms with Crippen molar-refractivity contribution in [3.63, 3.8) is 0 Å². The smallest absolute Gasteiger partial charge is 0.303 e. The first-order chi connectivity index (χ1) is 20.9. The number of aliphatic hydroxyl groups excluding tert-OH is 1. The molecule has 0 aromatic carbocycles. The molecule has 6 fully saturated rings. The van der Waals surface area contributed by atoms with Gasteiger partial charge in [-0.05, 0) is 93.6 Å². The van der Waals surface area contributed by atoms with E-state index in [4.69, 9.17) is 9.47 Å². The van der Waals surface area contributed by atoms with E-state index in [9.17, 15) is 14.7 Å². The predicted molar refractivity (Wildman–Crippen MR) is 171 cm³/mol. The maximum atomic E-state index is 12.7. The molecule has 1 N–H and O–H groups in total. The summed E-state index contributed by atoms with van der Waals surface area (Å²) >= 11 is 0. The summed E-state index contributed by atoms with van der Waals surface area (Å²) in [7, 11) is 2.22. The summed E-state index contributed by atoms with van der Waals surface area (Å²) in [4.78, 5) is 29.9. The fourth-order valence-electron chi connectivity index (χ4n) is 11.9. The van der Waals surface area contributed by atoms with Crippen molar-refractivity contribution in [1.29, 1.82) is 0 Å². The van der Waals surface area contributed by atoms with Gasteiger partial charge in [-0.1, -0.05) is 20.4 Å². The molecule has 248 valence electrons. The molecule has 44 heavy (non-hydrogen) atoms. The number of carbonyl (C=O) groups is 2. The van der Waals surface area contributed by atoms with E-state index in [0.717, 1.165) is 88.8 Å². The number of quaternary nitrogens is 1. The zero-order valence-corrected chi connectivity index (χ0v) is 28.2. The second-order valence-electron chi connectivity index (χ2n) is 16.4. The quantitative estimate of drug-likeness (QED) is 0.272. The number of likely N-dealkylation sites (tertiary alicyclic amines) is 1. The van der Waals surface area contributed by atoms with Crippen LogP contribution in [0.5, 0.6) is 0 Å². The van der Waals surface area contributed by atoms with E-state index in [1.165, 1.54) is 19.3 Å². The lowest BCUT2D eigenvalue weighted by molar-refractivity contribution is -0.952. The summed E-state index contributed by atoms with van der Waals surface area (Å²) in [6.45, 7) is 19.4. The molecule has 0 bridgehead atoms. The summed E-state index contributed by atoms with van der Waals surface area (Å²) in [6.07, 6.45) is 11.2. The fraction of sp³-hybridized carbons (Fsp3) is 0.889. The molecule has 6 rings (SSSR count). The molecule has 4 aliphatic carbocycles. The van der Waals surface area contributed by atoms with E-state index >= 15 is 0 Å². The van der Waals surface area contributed by atoms with Gasteiger partial charge in [0.2, 0.25) is 0 Å². The highest BCUT2D eigenvalue weighted by atomic mass is 16.5.